The molecule has 1 aromatic carbocycles. The van der Waals surface area contributed by atoms with Crippen LogP contribution in [0.15, 0.2) is 29.3 Å². The number of benzene rings is 1. The van der Waals surface area contributed by atoms with Crippen molar-refractivity contribution in [2.75, 3.05) is 4.90 Å². The molecule has 1 aliphatic heterocycles. The molecule has 0 radical (unpaired) electrons. The summed E-state index contributed by atoms with van der Waals surface area (Å²) in [5.74, 6) is -0.815. The van der Waals surface area contributed by atoms with Crippen LogP contribution in [-0.2, 0) is 22.4 Å². The summed E-state index contributed by atoms with van der Waals surface area (Å²) in [6.45, 7) is 4.07. The number of amides is 2. The van der Waals surface area contributed by atoms with Gasteiger partial charge in [-0.25, -0.2) is 4.90 Å². The van der Waals surface area contributed by atoms with Crippen LogP contribution in [0.5, 0.6) is 0 Å². The lowest BCUT2D eigenvalue weighted by Crippen LogP contribution is -2.31. The number of imide groups is 1. The Bertz CT molecular complexity index is 549. The fourth-order valence-corrected chi connectivity index (χ4v) is 2.21. The minimum absolute atomic E-state index is 0.0263. The number of nitrogens with zero attached hydrogens (tertiary/aromatic N) is 1. The summed E-state index contributed by atoms with van der Waals surface area (Å²) in [6, 6.07) is 5.78. The van der Waals surface area contributed by atoms with Crippen molar-refractivity contribution >= 4 is 29.1 Å². The highest BCUT2D eigenvalue weighted by molar-refractivity contribution is 6.51. The lowest BCUT2D eigenvalue weighted by atomic mass is 10.0. The number of rotatable bonds is 3. The van der Waals surface area contributed by atoms with E-state index in [0.717, 1.165) is 29.4 Å². The monoisotopic (exact) mass is 263 g/mol. The molecule has 0 aromatic heterocycles. The third-order valence-corrected chi connectivity index (χ3v) is 3.32. The highest BCUT2D eigenvalue weighted by Gasteiger charge is 2.32. The standard InChI is InChI=1S/C14H14ClNO2/c1-3-9-5-6-12(10(4-2)7-9)16-13(17)8-11(15)14(16)18/h5-8H,3-4H2,1-2H3. The molecule has 1 aliphatic rings. The first-order valence-corrected chi connectivity index (χ1v) is 6.33. The summed E-state index contributed by atoms with van der Waals surface area (Å²) in [4.78, 5) is 24.7. The molecule has 18 heavy (non-hydrogen) atoms. The minimum atomic E-state index is -0.444. The molecular weight excluding hydrogens is 250 g/mol. The topological polar surface area (TPSA) is 37.4 Å². The van der Waals surface area contributed by atoms with E-state index in [-0.39, 0.29) is 10.9 Å². The Morgan fingerprint density at radius 3 is 2.39 bits per heavy atom. The molecule has 0 saturated heterocycles. The molecule has 0 unspecified atom stereocenters. The first kappa shape index (κ1) is 12.8. The second-order valence-corrected chi connectivity index (χ2v) is 4.55. The summed E-state index contributed by atoms with van der Waals surface area (Å²) >= 11 is 5.71. The van der Waals surface area contributed by atoms with Crippen LogP contribution in [0.2, 0.25) is 0 Å². The van der Waals surface area contributed by atoms with Gasteiger partial charge in [0.1, 0.15) is 5.03 Å². The molecular formula is C14H14ClNO2. The SMILES string of the molecule is CCc1ccc(N2C(=O)C=C(Cl)C2=O)c(CC)c1. The van der Waals surface area contributed by atoms with Crippen LogP contribution in [0.1, 0.15) is 25.0 Å². The molecule has 2 rings (SSSR count). The molecule has 0 atom stereocenters. The number of aryl methyl sites for hydroxylation is 2. The molecule has 1 aromatic rings. The molecule has 4 heteroatoms. The van der Waals surface area contributed by atoms with Crippen molar-refractivity contribution in [1.82, 2.24) is 0 Å². The number of carbonyl (C=O) groups is 2. The molecule has 3 nitrogen and oxygen atoms in total. The van der Waals surface area contributed by atoms with Gasteiger partial charge in [0.05, 0.1) is 5.69 Å². The molecule has 0 saturated carbocycles. The Morgan fingerprint density at radius 1 is 1.17 bits per heavy atom. The largest absolute Gasteiger partial charge is 0.277 e. The van der Waals surface area contributed by atoms with Crippen molar-refractivity contribution in [2.24, 2.45) is 0 Å². The minimum Gasteiger partial charge on any atom is -0.269 e. The Labute approximate surface area is 111 Å². The fourth-order valence-electron chi connectivity index (χ4n) is 2.03. The first-order valence-electron chi connectivity index (χ1n) is 5.95. The van der Waals surface area contributed by atoms with E-state index < -0.39 is 5.91 Å². The van der Waals surface area contributed by atoms with E-state index in [1.807, 2.05) is 25.1 Å². The van der Waals surface area contributed by atoms with Crippen molar-refractivity contribution < 1.29 is 9.59 Å². The van der Waals surface area contributed by atoms with Crippen LogP contribution in [0.25, 0.3) is 0 Å². The highest BCUT2D eigenvalue weighted by atomic mass is 35.5. The van der Waals surface area contributed by atoms with Crippen LogP contribution >= 0.6 is 11.6 Å². The maximum absolute atomic E-state index is 11.8. The van der Waals surface area contributed by atoms with Gasteiger partial charge in [0.25, 0.3) is 11.8 Å². The number of halogens is 1. The van der Waals surface area contributed by atoms with Gasteiger partial charge in [0, 0.05) is 6.08 Å². The molecule has 94 valence electrons. The molecule has 0 N–H and O–H groups in total. The first-order chi connectivity index (χ1) is 8.58. The summed E-state index contributed by atoms with van der Waals surface area (Å²) in [5, 5.41) is -0.0263. The van der Waals surface area contributed by atoms with Gasteiger partial charge in [-0.1, -0.05) is 37.6 Å². The van der Waals surface area contributed by atoms with Gasteiger partial charge in [0.15, 0.2) is 0 Å². The van der Waals surface area contributed by atoms with E-state index in [9.17, 15) is 9.59 Å². The van der Waals surface area contributed by atoms with Crippen LogP contribution < -0.4 is 4.90 Å². The summed E-state index contributed by atoms with van der Waals surface area (Å²) < 4.78 is 0. The van der Waals surface area contributed by atoms with Crippen molar-refractivity contribution in [1.29, 1.82) is 0 Å². The molecule has 0 spiro atoms. The zero-order chi connectivity index (χ0) is 13.3. The van der Waals surface area contributed by atoms with Gasteiger partial charge >= 0.3 is 0 Å². The molecule has 0 aliphatic carbocycles. The third-order valence-electron chi connectivity index (χ3n) is 3.05. The van der Waals surface area contributed by atoms with Crippen LogP contribution in [0.3, 0.4) is 0 Å². The Hall–Kier alpha value is -1.61. The lowest BCUT2D eigenvalue weighted by molar-refractivity contribution is -0.120. The summed E-state index contributed by atoms with van der Waals surface area (Å²) in [6.07, 6.45) is 2.85. The van der Waals surface area contributed by atoms with E-state index in [0.29, 0.717) is 5.69 Å². The number of hydrogen-bond acceptors (Lipinski definition) is 2. The van der Waals surface area contributed by atoms with Gasteiger partial charge in [-0.3, -0.25) is 9.59 Å². The Morgan fingerprint density at radius 2 is 1.89 bits per heavy atom. The van der Waals surface area contributed by atoms with Gasteiger partial charge in [-0.05, 0) is 30.0 Å². The van der Waals surface area contributed by atoms with Crippen molar-refractivity contribution in [3.63, 3.8) is 0 Å². The maximum atomic E-state index is 11.8. The number of carbonyl (C=O) groups excluding carboxylic acids is 2. The van der Waals surface area contributed by atoms with E-state index in [1.54, 1.807) is 0 Å². The predicted molar refractivity (Wildman–Crippen MR) is 71.6 cm³/mol. The van der Waals surface area contributed by atoms with Gasteiger partial charge in [-0.2, -0.15) is 0 Å². The fraction of sp³-hybridized carbons (Fsp3) is 0.286. The second kappa shape index (κ2) is 4.94. The average molecular weight is 264 g/mol. The highest BCUT2D eigenvalue weighted by Crippen LogP contribution is 2.28. The zero-order valence-corrected chi connectivity index (χ0v) is 11.1. The van der Waals surface area contributed by atoms with Crippen molar-refractivity contribution in [3.8, 4) is 0 Å². The number of anilines is 1. The van der Waals surface area contributed by atoms with Crippen LogP contribution in [0.4, 0.5) is 5.69 Å². The van der Waals surface area contributed by atoms with Crippen LogP contribution in [0, 0.1) is 0 Å². The molecule has 0 bridgehead atoms. The summed E-state index contributed by atoms with van der Waals surface area (Å²) in [5.41, 5.74) is 2.81. The number of hydrogen-bond donors (Lipinski definition) is 0. The van der Waals surface area contributed by atoms with E-state index in [1.165, 1.54) is 5.56 Å². The second-order valence-electron chi connectivity index (χ2n) is 4.14. The lowest BCUT2D eigenvalue weighted by Gasteiger charge is -2.18. The quantitative estimate of drug-likeness (QED) is 0.787. The summed E-state index contributed by atoms with van der Waals surface area (Å²) in [7, 11) is 0. The zero-order valence-electron chi connectivity index (χ0n) is 10.4. The van der Waals surface area contributed by atoms with Crippen LogP contribution in [-0.4, -0.2) is 11.8 Å². The normalized spacial score (nSPS) is 15.3. The van der Waals surface area contributed by atoms with E-state index in [4.69, 9.17) is 11.6 Å². The Balaban J connectivity index is 2.46. The van der Waals surface area contributed by atoms with Gasteiger partial charge < -0.3 is 0 Å². The van der Waals surface area contributed by atoms with E-state index in [2.05, 4.69) is 6.92 Å². The predicted octanol–water partition coefficient (Wildman–Crippen LogP) is 2.81. The smallest absolute Gasteiger partial charge is 0.269 e. The molecule has 2 amide bonds. The molecule has 0 fully saturated rings. The molecule has 1 heterocycles. The van der Waals surface area contributed by atoms with E-state index >= 15 is 0 Å². The van der Waals surface area contributed by atoms with Crippen molar-refractivity contribution in [3.05, 3.63) is 40.4 Å². The Kier molecular flexibility index (Phi) is 3.53. The van der Waals surface area contributed by atoms with Gasteiger partial charge in [-0.15, -0.1) is 0 Å². The maximum Gasteiger partial charge on any atom is 0.277 e. The average Bonchev–Trinajstić information content (AvgIpc) is 2.62. The van der Waals surface area contributed by atoms with Crippen molar-refractivity contribution in [2.45, 2.75) is 26.7 Å². The third kappa shape index (κ3) is 2.06. The van der Waals surface area contributed by atoms with Gasteiger partial charge in [0.2, 0.25) is 0 Å².